The molecule has 1 N–H and O–H groups in total. The summed E-state index contributed by atoms with van der Waals surface area (Å²) in [6.07, 6.45) is 3.18. The molecule has 1 aromatic heterocycles. The summed E-state index contributed by atoms with van der Waals surface area (Å²) >= 11 is 0. The molecule has 0 unspecified atom stereocenters. The predicted molar refractivity (Wildman–Crippen MR) is 108 cm³/mol. The van der Waals surface area contributed by atoms with Crippen molar-refractivity contribution < 1.29 is 14.3 Å². The van der Waals surface area contributed by atoms with Crippen LogP contribution in [-0.2, 0) is 4.79 Å². The van der Waals surface area contributed by atoms with Gasteiger partial charge in [-0.05, 0) is 42.8 Å². The second-order valence-electron chi connectivity index (χ2n) is 6.31. The first kappa shape index (κ1) is 16.9. The molecule has 0 aliphatic rings. The quantitative estimate of drug-likeness (QED) is 0.308. The maximum atomic E-state index is 12.2. The molecule has 4 rings (SSSR count). The van der Waals surface area contributed by atoms with Crippen LogP contribution in [0.25, 0.3) is 27.9 Å². The molecule has 0 atom stereocenters. The second kappa shape index (κ2) is 7.00. The normalized spacial score (nSPS) is 11.3. The molecule has 0 aliphatic carbocycles. The van der Waals surface area contributed by atoms with E-state index in [4.69, 9.17) is 9.47 Å². The summed E-state index contributed by atoms with van der Waals surface area (Å²) in [5, 5.41) is 2.19. The zero-order valence-corrected chi connectivity index (χ0v) is 15.2. The van der Waals surface area contributed by atoms with Gasteiger partial charge in [0, 0.05) is 28.5 Å². The molecule has 4 heteroatoms. The van der Waals surface area contributed by atoms with Crippen molar-refractivity contribution in [3.63, 3.8) is 0 Å². The molecule has 27 heavy (non-hydrogen) atoms. The van der Waals surface area contributed by atoms with E-state index >= 15 is 0 Å². The first-order valence-corrected chi connectivity index (χ1v) is 8.69. The van der Waals surface area contributed by atoms with Crippen molar-refractivity contribution in [2.24, 2.45) is 0 Å². The Morgan fingerprint density at radius 3 is 2.56 bits per heavy atom. The Hall–Kier alpha value is -3.53. The van der Waals surface area contributed by atoms with Crippen molar-refractivity contribution >= 4 is 33.9 Å². The van der Waals surface area contributed by atoms with Gasteiger partial charge in [-0.1, -0.05) is 30.3 Å². The topological polar surface area (TPSA) is 51.3 Å². The van der Waals surface area contributed by atoms with Crippen molar-refractivity contribution in [2.75, 3.05) is 7.11 Å². The fraction of sp³-hybridized carbons (Fsp3) is 0.0870. The van der Waals surface area contributed by atoms with Crippen molar-refractivity contribution in [3.8, 4) is 11.5 Å². The van der Waals surface area contributed by atoms with Gasteiger partial charge in [0.1, 0.15) is 11.5 Å². The summed E-state index contributed by atoms with van der Waals surface area (Å²) in [4.78, 5) is 15.6. The van der Waals surface area contributed by atoms with Gasteiger partial charge >= 0.3 is 5.97 Å². The minimum atomic E-state index is -0.404. The number of nitrogens with one attached hydrogen (secondary N) is 1. The van der Waals surface area contributed by atoms with E-state index in [2.05, 4.69) is 4.98 Å². The number of benzene rings is 3. The molecule has 4 nitrogen and oxygen atoms in total. The SMILES string of the molecule is COc1ccc2c(c1)[nH]c1c(C)c(OC(=O)/C=C/c3ccccc3)ccc12. The van der Waals surface area contributed by atoms with Crippen LogP contribution in [0.5, 0.6) is 11.5 Å². The molecule has 4 aromatic rings. The van der Waals surface area contributed by atoms with Crippen LogP contribution in [0.1, 0.15) is 11.1 Å². The van der Waals surface area contributed by atoms with Gasteiger partial charge in [-0.2, -0.15) is 0 Å². The lowest BCUT2D eigenvalue weighted by Gasteiger charge is -2.06. The Labute approximate surface area is 157 Å². The molecular weight excluding hydrogens is 338 g/mol. The van der Waals surface area contributed by atoms with Crippen molar-refractivity contribution in [3.05, 3.63) is 77.9 Å². The second-order valence-corrected chi connectivity index (χ2v) is 6.31. The zero-order chi connectivity index (χ0) is 18.8. The number of carbonyl (C=O) groups excluding carboxylic acids is 1. The van der Waals surface area contributed by atoms with Gasteiger partial charge in [0.2, 0.25) is 0 Å². The van der Waals surface area contributed by atoms with Crippen LogP contribution in [0.2, 0.25) is 0 Å². The highest BCUT2D eigenvalue weighted by Crippen LogP contribution is 2.33. The number of hydrogen-bond donors (Lipinski definition) is 1. The number of methoxy groups -OCH3 is 1. The summed E-state index contributed by atoms with van der Waals surface area (Å²) in [6, 6.07) is 19.4. The van der Waals surface area contributed by atoms with Gasteiger partial charge in [-0.25, -0.2) is 4.79 Å². The van der Waals surface area contributed by atoms with E-state index in [-0.39, 0.29) is 0 Å². The Morgan fingerprint density at radius 2 is 1.78 bits per heavy atom. The van der Waals surface area contributed by atoms with E-state index in [1.165, 1.54) is 6.08 Å². The fourth-order valence-electron chi connectivity index (χ4n) is 3.18. The fourth-order valence-corrected chi connectivity index (χ4v) is 3.18. The van der Waals surface area contributed by atoms with Gasteiger partial charge < -0.3 is 14.5 Å². The molecule has 0 fully saturated rings. The first-order valence-electron chi connectivity index (χ1n) is 8.69. The third-order valence-electron chi connectivity index (χ3n) is 4.61. The van der Waals surface area contributed by atoms with Crippen molar-refractivity contribution in [1.82, 2.24) is 4.98 Å². The van der Waals surface area contributed by atoms with Crippen LogP contribution in [0.15, 0.2) is 66.7 Å². The molecule has 3 aromatic carbocycles. The van der Waals surface area contributed by atoms with E-state index in [0.717, 1.165) is 38.7 Å². The van der Waals surface area contributed by atoms with Crippen LogP contribution in [0.4, 0.5) is 0 Å². The number of carbonyl (C=O) groups is 1. The Balaban J connectivity index is 1.64. The molecule has 0 radical (unpaired) electrons. The van der Waals surface area contributed by atoms with E-state index < -0.39 is 5.97 Å². The maximum Gasteiger partial charge on any atom is 0.336 e. The van der Waals surface area contributed by atoms with E-state index in [9.17, 15) is 4.79 Å². The Bertz CT molecular complexity index is 1160. The van der Waals surface area contributed by atoms with Crippen molar-refractivity contribution in [1.29, 1.82) is 0 Å². The number of esters is 1. The van der Waals surface area contributed by atoms with Gasteiger partial charge in [-0.15, -0.1) is 0 Å². The highest BCUT2D eigenvalue weighted by atomic mass is 16.5. The van der Waals surface area contributed by atoms with Crippen LogP contribution in [0.3, 0.4) is 0 Å². The molecule has 0 saturated heterocycles. The molecule has 1 heterocycles. The van der Waals surface area contributed by atoms with Gasteiger partial charge in [0.15, 0.2) is 0 Å². The molecule has 0 bridgehead atoms. The van der Waals surface area contributed by atoms with E-state index in [1.807, 2.05) is 67.6 Å². The number of aryl methyl sites for hydroxylation is 1. The third-order valence-corrected chi connectivity index (χ3v) is 4.61. The molecule has 0 saturated carbocycles. The monoisotopic (exact) mass is 357 g/mol. The smallest absolute Gasteiger partial charge is 0.336 e. The zero-order valence-electron chi connectivity index (χ0n) is 15.2. The minimum Gasteiger partial charge on any atom is -0.497 e. The molecular formula is C23H19NO3. The summed E-state index contributed by atoms with van der Waals surface area (Å²) in [5.74, 6) is 0.937. The van der Waals surface area contributed by atoms with Gasteiger partial charge in [-0.3, -0.25) is 0 Å². The van der Waals surface area contributed by atoms with Gasteiger partial charge in [0.05, 0.1) is 18.1 Å². The average molecular weight is 357 g/mol. The van der Waals surface area contributed by atoms with Crippen LogP contribution >= 0.6 is 0 Å². The lowest BCUT2D eigenvalue weighted by Crippen LogP contribution is -2.05. The lowest BCUT2D eigenvalue weighted by atomic mass is 10.1. The van der Waals surface area contributed by atoms with E-state index in [1.54, 1.807) is 13.2 Å². The third kappa shape index (κ3) is 3.29. The summed E-state index contributed by atoms with van der Waals surface area (Å²) in [6.45, 7) is 1.94. The van der Waals surface area contributed by atoms with Gasteiger partial charge in [0.25, 0.3) is 0 Å². The highest BCUT2D eigenvalue weighted by Gasteiger charge is 2.12. The minimum absolute atomic E-state index is 0.404. The van der Waals surface area contributed by atoms with Crippen LogP contribution in [-0.4, -0.2) is 18.1 Å². The molecule has 0 amide bonds. The Morgan fingerprint density at radius 1 is 1.00 bits per heavy atom. The van der Waals surface area contributed by atoms with Crippen LogP contribution in [0, 0.1) is 6.92 Å². The molecule has 0 aliphatic heterocycles. The summed E-state index contributed by atoms with van der Waals surface area (Å²) in [5.41, 5.74) is 3.78. The predicted octanol–water partition coefficient (Wildman–Crippen LogP) is 5.26. The number of rotatable bonds is 4. The number of hydrogen-bond acceptors (Lipinski definition) is 3. The standard InChI is InChI=1S/C23H19NO3/c1-15-21(27-22(25)13-8-16-6-4-3-5-7-16)12-11-19-18-10-9-17(26-2)14-20(18)24-23(15)19/h3-14,24H,1-2H3/b13-8+. The molecule has 134 valence electrons. The number of H-pyrrole nitrogens is 1. The maximum absolute atomic E-state index is 12.2. The summed E-state index contributed by atoms with van der Waals surface area (Å²) < 4.78 is 10.8. The number of fused-ring (bicyclic) bond motifs is 3. The Kier molecular flexibility index (Phi) is 4.38. The number of aromatic amines is 1. The van der Waals surface area contributed by atoms with Crippen LogP contribution < -0.4 is 9.47 Å². The largest absolute Gasteiger partial charge is 0.497 e. The van der Waals surface area contributed by atoms with E-state index in [0.29, 0.717) is 5.75 Å². The number of aromatic nitrogens is 1. The highest BCUT2D eigenvalue weighted by molar-refractivity contribution is 6.09. The summed E-state index contributed by atoms with van der Waals surface area (Å²) in [7, 11) is 1.65. The lowest BCUT2D eigenvalue weighted by molar-refractivity contribution is -0.128. The number of ether oxygens (including phenoxy) is 2. The first-order chi connectivity index (χ1) is 13.2. The van der Waals surface area contributed by atoms with Crippen molar-refractivity contribution in [2.45, 2.75) is 6.92 Å². The molecule has 0 spiro atoms. The average Bonchev–Trinajstić information content (AvgIpc) is 3.08.